The van der Waals surface area contributed by atoms with E-state index in [4.69, 9.17) is 5.73 Å². The molecule has 0 aromatic rings. The maximum atomic E-state index is 6.01. The zero-order chi connectivity index (χ0) is 11.3. The smallest absolute Gasteiger partial charge is 0.00388 e. The standard InChI is InChI=1S/C13H28N2/c1-4-13(14)9-12-5-7-15(8-6-12)10-11(2)3/h11-13H,4-10,14H2,1-3H3. The van der Waals surface area contributed by atoms with Crippen LogP contribution in [0, 0.1) is 11.8 Å². The molecule has 0 saturated carbocycles. The molecule has 0 aliphatic carbocycles. The Bertz CT molecular complexity index is 160. The van der Waals surface area contributed by atoms with Crippen LogP contribution in [0.2, 0.25) is 0 Å². The minimum atomic E-state index is 0.437. The molecule has 1 aliphatic heterocycles. The van der Waals surface area contributed by atoms with E-state index in [2.05, 4.69) is 25.7 Å². The Morgan fingerprint density at radius 1 is 1.27 bits per heavy atom. The van der Waals surface area contributed by atoms with E-state index >= 15 is 0 Å². The van der Waals surface area contributed by atoms with Crippen LogP contribution in [0.25, 0.3) is 0 Å². The van der Waals surface area contributed by atoms with Crippen molar-refractivity contribution in [1.82, 2.24) is 4.90 Å². The lowest BCUT2D eigenvalue weighted by Gasteiger charge is -2.33. The van der Waals surface area contributed by atoms with Gasteiger partial charge in [-0.05, 0) is 50.6 Å². The van der Waals surface area contributed by atoms with Gasteiger partial charge in [0.05, 0.1) is 0 Å². The second-order valence-electron chi connectivity index (χ2n) is 5.54. The summed E-state index contributed by atoms with van der Waals surface area (Å²) in [5.41, 5.74) is 6.01. The summed E-state index contributed by atoms with van der Waals surface area (Å²) in [6, 6.07) is 0.437. The van der Waals surface area contributed by atoms with Gasteiger partial charge in [-0.15, -0.1) is 0 Å². The van der Waals surface area contributed by atoms with Crippen LogP contribution in [0.5, 0.6) is 0 Å². The second kappa shape index (κ2) is 6.49. The molecule has 90 valence electrons. The van der Waals surface area contributed by atoms with Crippen LogP contribution in [0.4, 0.5) is 0 Å². The van der Waals surface area contributed by atoms with E-state index in [1.807, 2.05) is 0 Å². The number of rotatable bonds is 5. The minimum Gasteiger partial charge on any atom is -0.328 e. The third-order valence-corrected chi connectivity index (χ3v) is 3.49. The highest BCUT2D eigenvalue weighted by molar-refractivity contribution is 4.76. The zero-order valence-corrected chi connectivity index (χ0v) is 10.7. The first-order valence-electron chi connectivity index (χ1n) is 6.59. The van der Waals surface area contributed by atoms with Gasteiger partial charge >= 0.3 is 0 Å². The number of likely N-dealkylation sites (tertiary alicyclic amines) is 1. The molecular formula is C13H28N2. The second-order valence-corrected chi connectivity index (χ2v) is 5.54. The molecule has 0 aromatic heterocycles. The number of nitrogens with two attached hydrogens (primary N) is 1. The largest absolute Gasteiger partial charge is 0.328 e. The van der Waals surface area contributed by atoms with Crippen molar-refractivity contribution in [2.75, 3.05) is 19.6 Å². The summed E-state index contributed by atoms with van der Waals surface area (Å²) in [5.74, 6) is 1.70. The Morgan fingerprint density at radius 3 is 2.33 bits per heavy atom. The summed E-state index contributed by atoms with van der Waals surface area (Å²) in [5, 5.41) is 0. The Morgan fingerprint density at radius 2 is 1.87 bits per heavy atom. The van der Waals surface area contributed by atoms with Crippen molar-refractivity contribution in [1.29, 1.82) is 0 Å². The molecule has 1 aliphatic rings. The SMILES string of the molecule is CCC(N)CC1CCN(CC(C)C)CC1. The summed E-state index contributed by atoms with van der Waals surface area (Å²) in [4.78, 5) is 2.61. The van der Waals surface area contributed by atoms with Crippen LogP contribution in [-0.4, -0.2) is 30.6 Å². The molecular weight excluding hydrogens is 184 g/mol. The molecule has 0 spiro atoms. The van der Waals surface area contributed by atoms with Gasteiger partial charge in [-0.25, -0.2) is 0 Å². The molecule has 0 radical (unpaired) electrons. The van der Waals surface area contributed by atoms with Gasteiger partial charge in [-0.1, -0.05) is 20.8 Å². The van der Waals surface area contributed by atoms with E-state index in [0.29, 0.717) is 6.04 Å². The predicted molar refractivity (Wildman–Crippen MR) is 66.9 cm³/mol. The fraction of sp³-hybridized carbons (Fsp3) is 1.00. The molecule has 0 aromatic carbocycles. The zero-order valence-electron chi connectivity index (χ0n) is 10.7. The van der Waals surface area contributed by atoms with E-state index in [9.17, 15) is 0 Å². The lowest BCUT2D eigenvalue weighted by molar-refractivity contribution is 0.159. The Hall–Kier alpha value is -0.0800. The average Bonchev–Trinajstić information content (AvgIpc) is 2.20. The molecule has 15 heavy (non-hydrogen) atoms. The topological polar surface area (TPSA) is 29.3 Å². The van der Waals surface area contributed by atoms with Crippen LogP contribution in [0.3, 0.4) is 0 Å². The molecule has 2 heteroatoms. The number of hydrogen-bond acceptors (Lipinski definition) is 2. The number of hydrogen-bond donors (Lipinski definition) is 1. The summed E-state index contributed by atoms with van der Waals surface area (Å²) < 4.78 is 0. The van der Waals surface area contributed by atoms with Gasteiger partial charge in [-0.2, -0.15) is 0 Å². The van der Waals surface area contributed by atoms with E-state index in [1.165, 1.54) is 38.9 Å². The molecule has 2 nitrogen and oxygen atoms in total. The van der Waals surface area contributed by atoms with E-state index in [0.717, 1.165) is 18.3 Å². The van der Waals surface area contributed by atoms with Crippen molar-refractivity contribution in [3.8, 4) is 0 Å². The molecule has 1 unspecified atom stereocenters. The summed E-state index contributed by atoms with van der Waals surface area (Å²) >= 11 is 0. The predicted octanol–water partition coefficient (Wildman–Crippen LogP) is 2.48. The lowest BCUT2D eigenvalue weighted by Crippen LogP contribution is -2.37. The first-order valence-corrected chi connectivity index (χ1v) is 6.59. The van der Waals surface area contributed by atoms with Crippen molar-refractivity contribution in [3.05, 3.63) is 0 Å². The molecule has 0 bridgehead atoms. The molecule has 1 heterocycles. The van der Waals surface area contributed by atoms with Crippen LogP contribution in [0.15, 0.2) is 0 Å². The van der Waals surface area contributed by atoms with Gasteiger partial charge in [0.15, 0.2) is 0 Å². The normalized spacial score (nSPS) is 22.2. The molecule has 1 saturated heterocycles. The monoisotopic (exact) mass is 212 g/mol. The fourth-order valence-electron chi connectivity index (χ4n) is 2.52. The first kappa shape index (κ1) is 13.0. The van der Waals surface area contributed by atoms with Gasteiger partial charge in [0.1, 0.15) is 0 Å². The van der Waals surface area contributed by atoms with E-state index in [1.54, 1.807) is 0 Å². The Labute approximate surface area is 95.2 Å². The summed E-state index contributed by atoms with van der Waals surface area (Å²) in [6.07, 6.45) is 5.10. The fourth-order valence-corrected chi connectivity index (χ4v) is 2.52. The minimum absolute atomic E-state index is 0.437. The highest BCUT2D eigenvalue weighted by atomic mass is 15.1. The highest BCUT2D eigenvalue weighted by Gasteiger charge is 2.20. The molecule has 1 atom stereocenters. The van der Waals surface area contributed by atoms with E-state index in [-0.39, 0.29) is 0 Å². The maximum absolute atomic E-state index is 6.01. The van der Waals surface area contributed by atoms with Crippen LogP contribution >= 0.6 is 0 Å². The van der Waals surface area contributed by atoms with Crippen LogP contribution < -0.4 is 5.73 Å². The van der Waals surface area contributed by atoms with Gasteiger partial charge in [0.25, 0.3) is 0 Å². The third-order valence-electron chi connectivity index (χ3n) is 3.49. The number of piperidine rings is 1. The van der Waals surface area contributed by atoms with Crippen molar-refractivity contribution < 1.29 is 0 Å². The van der Waals surface area contributed by atoms with Crippen molar-refractivity contribution in [2.24, 2.45) is 17.6 Å². The summed E-state index contributed by atoms with van der Waals surface area (Å²) in [6.45, 7) is 10.7. The van der Waals surface area contributed by atoms with Gasteiger partial charge in [-0.3, -0.25) is 0 Å². The Balaban J connectivity index is 2.18. The molecule has 1 rings (SSSR count). The lowest BCUT2D eigenvalue weighted by atomic mass is 9.89. The maximum Gasteiger partial charge on any atom is 0.00388 e. The Kier molecular flexibility index (Phi) is 5.62. The van der Waals surface area contributed by atoms with Crippen molar-refractivity contribution >= 4 is 0 Å². The van der Waals surface area contributed by atoms with Gasteiger partial charge in [0.2, 0.25) is 0 Å². The van der Waals surface area contributed by atoms with Crippen molar-refractivity contribution in [2.45, 2.75) is 52.5 Å². The molecule has 1 fully saturated rings. The summed E-state index contributed by atoms with van der Waals surface area (Å²) in [7, 11) is 0. The van der Waals surface area contributed by atoms with Gasteiger partial charge in [0, 0.05) is 12.6 Å². The quantitative estimate of drug-likeness (QED) is 0.758. The highest BCUT2D eigenvalue weighted by Crippen LogP contribution is 2.22. The van der Waals surface area contributed by atoms with Crippen LogP contribution in [-0.2, 0) is 0 Å². The molecule has 2 N–H and O–H groups in total. The third kappa shape index (κ3) is 4.98. The van der Waals surface area contributed by atoms with Gasteiger partial charge < -0.3 is 10.6 Å². The van der Waals surface area contributed by atoms with Crippen LogP contribution in [0.1, 0.15) is 46.5 Å². The number of nitrogens with zero attached hydrogens (tertiary/aromatic N) is 1. The average molecular weight is 212 g/mol. The van der Waals surface area contributed by atoms with Crippen molar-refractivity contribution in [3.63, 3.8) is 0 Å². The van der Waals surface area contributed by atoms with E-state index < -0.39 is 0 Å². The molecule has 0 amide bonds. The first-order chi connectivity index (χ1) is 7.11.